The van der Waals surface area contributed by atoms with Gasteiger partial charge in [-0.05, 0) is 31.2 Å². The molecule has 4 nitrogen and oxygen atoms in total. The molecule has 0 saturated carbocycles. The van der Waals surface area contributed by atoms with Gasteiger partial charge in [-0.1, -0.05) is 36.4 Å². The van der Waals surface area contributed by atoms with Crippen molar-refractivity contribution in [2.24, 2.45) is 0 Å². The summed E-state index contributed by atoms with van der Waals surface area (Å²) in [5.74, 6) is 0.818. The fourth-order valence-electron chi connectivity index (χ4n) is 1.77. The molecule has 0 heterocycles. The summed E-state index contributed by atoms with van der Waals surface area (Å²) in [7, 11) is 0. The van der Waals surface area contributed by atoms with E-state index in [-0.39, 0.29) is 6.10 Å². The molecule has 2 aromatic carbocycles. The number of rotatable bonds is 6. The van der Waals surface area contributed by atoms with Gasteiger partial charge in [0.1, 0.15) is 11.9 Å². The molecular formula is C17H19NO3. The third-order valence-corrected chi connectivity index (χ3v) is 2.86. The van der Waals surface area contributed by atoms with Gasteiger partial charge in [0.25, 0.3) is 0 Å². The summed E-state index contributed by atoms with van der Waals surface area (Å²) in [5, 5.41) is 2.68. The van der Waals surface area contributed by atoms with Crippen LogP contribution in [0.15, 0.2) is 60.7 Å². The molecule has 1 amide bonds. The number of para-hydroxylation sites is 2. The Morgan fingerprint density at radius 3 is 2.33 bits per heavy atom. The summed E-state index contributed by atoms with van der Waals surface area (Å²) in [6, 6.07) is 18.8. The number of hydrogen-bond acceptors (Lipinski definition) is 3. The molecule has 0 bridgehead atoms. The summed E-state index contributed by atoms with van der Waals surface area (Å²) >= 11 is 0. The first-order chi connectivity index (χ1) is 10.2. The first-order valence-electron chi connectivity index (χ1n) is 6.94. The molecule has 1 unspecified atom stereocenters. The van der Waals surface area contributed by atoms with Gasteiger partial charge in [-0.2, -0.15) is 0 Å². The van der Waals surface area contributed by atoms with Gasteiger partial charge in [0.05, 0.1) is 6.61 Å². The fourth-order valence-corrected chi connectivity index (χ4v) is 1.77. The molecule has 4 heteroatoms. The molecule has 0 aliphatic heterocycles. The molecule has 2 rings (SSSR count). The average molecular weight is 285 g/mol. The maximum Gasteiger partial charge on any atom is 0.411 e. The van der Waals surface area contributed by atoms with Crippen molar-refractivity contribution >= 4 is 11.8 Å². The molecule has 0 fully saturated rings. The summed E-state index contributed by atoms with van der Waals surface area (Å²) in [5.41, 5.74) is 0.718. The molecule has 110 valence electrons. The lowest BCUT2D eigenvalue weighted by Crippen LogP contribution is -2.21. The molecule has 0 saturated heterocycles. The van der Waals surface area contributed by atoms with Crippen LogP contribution >= 0.6 is 0 Å². The van der Waals surface area contributed by atoms with E-state index in [1.54, 1.807) is 0 Å². The normalized spacial score (nSPS) is 11.5. The number of carbonyl (C=O) groups is 1. The van der Waals surface area contributed by atoms with Gasteiger partial charge in [0.15, 0.2) is 0 Å². The van der Waals surface area contributed by atoms with Crippen molar-refractivity contribution in [3.05, 3.63) is 60.7 Å². The van der Waals surface area contributed by atoms with E-state index in [4.69, 9.17) is 9.47 Å². The van der Waals surface area contributed by atoms with E-state index in [1.807, 2.05) is 67.6 Å². The monoisotopic (exact) mass is 285 g/mol. The summed E-state index contributed by atoms with van der Waals surface area (Å²) < 4.78 is 10.8. The highest BCUT2D eigenvalue weighted by molar-refractivity contribution is 5.84. The lowest BCUT2D eigenvalue weighted by Gasteiger charge is -2.14. The van der Waals surface area contributed by atoms with Gasteiger partial charge in [0, 0.05) is 12.1 Å². The highest BCUT2D eigenvalue weighted by Gasteiger charge is 2.09. The topological polar surface area (TPSA) is 47.6 Å². The van der Waals surface area contributed by atoms with Crippen LogP contribution in [0, 0.1) is 0 Å². The minimum absolute atomic E-state index is 0.211. The van der Waals surface area contributed by atoms with E-state index >= 15 is 0 Å². The van der Waals surface area contributed by atoms with Crippen LogP contribution in [-0.4, -0.2) is 18.8 Å². The average Bonchev–Trinajstić information content (AvgIpc) is 2.49. The Labute approximate surface area is 124 Å². The highest BCUT2D eigenvalue weighted by atomic mass is 16.6. The van der Waals surface area contributed by atoms with Crippen molar-refractivity contribution < 1.29 is 14.3 Å². The van der Waals surface area contributed by atoms with Crippen molar-refractivity contribution in [3.8, 4) is 5.75 Å². The number of benzene rings is 2. The summed E-state index contributed by atoms with van der Waals surface area (Å²) in [6.07, 6.45) is -0.0252. The van der Waals surface area contributed by atoms with Crippen LogP contribution in [0.2, 0.25) is 0 Å². The third-order valence-electron chi connectivity index (χ3n) is 2.86. The van der Waals surface area contributed by atoms with E-state index in [1.165, 1.54) is 0 Å². The Morgan fingerprint density at radius 2 is 1.67 bits per heavy atom. The molecule has 1 atom stereocenters. The Balaban J connectivity index is 1.67. The standard InChI is InChI=1S/C17H19NO3/c1-14(12-13-20-16-10-6-3-7-11-16)21-17(19)18-15-8-4-2-5-9-15/h2-11,14H,12-13H2,1H3,(H,18,19). The predicted octanol–water partition coefficient (Wildman–Crippen LogP) is 4.09. The maximum atomic E-state index is 11.7. The van der Waals surface area contributed by atoms with E-state index in [9.17, 15) is 4.79 Å². The van der Waals surface area contributed by atoms with Crippen molar-refractivity contribution in [3.63, 3.8) is 0 Å². The van der Waals surface area contributed by atoms with Crippen LogP contribution in [0.5, 0.6) is 5.75 Å². The van der Waals surface area contributed by atoms with E-state index in [0.29, 0.717) is 13.0 Å². The molecule has 2 aromatic rings. The van der Waals surface area contributed by atoms with Crippen molar-refractivity contribution in [1.29, 1.82) is 0 Å². The maximum absolute atomic E-state index is 11.7. The van der Waals surface area contributed by atoms with Gasteiger partial charge in [0.2, 0.25) is 0 Å². The lowest BCUT2D eigenvalue weighted by atomic mass is 10.3. The van der Waals surface area contributed by atoms with Crippen LogP contribution in [0.1, 0.15) is 13.3 Å². The number of anilines is 1. The predicted molar refractivity (Wildman–Crippen MR) is 82.6 cm³/mol. The minimum atomic E-state index is -0.451. The summed E-state index contributed by atoms with van der Waals surface area (Å²) in [4.78, 5) is 11.7. The quantitative estimate of drug-likeness (QED) is 0.869. The van der Waals surface area contributed by atoms with Crippen LogP contribution in [0.25, 0.3) is 0 Å². The molecular weight excluding hydrogens is 266 g/mol. The molecule has 1 N–H and O–H groups in total. The third kappa shape index (κ3) is 5.57. The van der Waals surface area contributed by atoms with Crippen LogP contribution in [0.3, 0.4) is 0 Å². The van der Waals surface area contributed by atoms with Gasteiger partial charge in [-0.15, -0.1) is 0 Å². The number of nitrogens with one attached hydrogen (secondary N) is 1. The zero-order valence-electron chi connectivity index (χ0n) is 12.0. The lowest BCUT2D eigenvalue weighted by molar-refractivity contribution is 0.105. The summed E-state index contributed by atoms with van der Waals surface area (Å²) in [6.45, 7) is 2.35. The molecule has 0 aliphatic carbocycles. The smallest absolute Gasteiger partial charge is 0.411 e. The number of hydrogen-bond donors (Lipinski definition) is 1. The number of amides is 1. The zero-order chi connectivity index (χ0) is 14.9. The van der Waals surface area contributed by atoms with Crippen LogP contribution < -0.4 is 10.1 Å². The number of carbonyl (C=O) groups excluding carboxylic acids is 1. The zero-order valence-corrected chi connectivity index (χ0v) is 12.0. The second-order valence-corrected chi connectivity index (χ2v) is 4.66. The van der Waals surface area contributed by atoms with E-state index in [2.05, 4.69) is 5.32 Å². The second kappa shape index (κ2) is 7.94. The fraction of sp³-hybridized carbons (Fsp3) is 0.235. The Bertz CT molecular complexity index is 542. The molecule has 0 aliphatic rings. The Kier molecular flexibility index (Phi) is 5.64. The highest BCUT2D eigenvalue weighted by Crippen LogP contribution is 2.10. The molecule has 21 heavy (non-hydrogen) atoms. The van der Waals surface area contributed by atoms with Crippen molar-refractivity contribution in [2.45, 2.75) is 19.4 Å². The van der Waals surface area contributed by atoms with Gasteiger partial charge in [-0.3, -0.25) is 5.32 Å². The SMILES string of the molecule is CC(CCOc1ccccc1)OC(=O)Nc1ccccc1. The molecule has 0 aromatic heterocycles. The van der Waals surface area contributed by atoms with Crippen LogP contribution in [-0.2, 0) is 4.74 Å². The van der Waals surface area contributed by atoms with E-state index < -0.39 is 6.09 Å². The Morgan fingerprint density at radius 1 is 1.05 bits per heavy atom. The van der Waals surface area contributed by atoms with Crippen molar-refractivity contribution in [2.75, 3.05) is 11.9 Å². The molecule has 0 radical (unpaired) electrons. The number of ether oxygens (including phenoxy) is 2. The largest absolute Gasteiger partial charge is 0.493 e. The Hall–Kier alpha value is -2.49. The van der Waals surface area contributed by atoms with Crippen molar-refractivity contribution in [1.82, 2.24) is 0 Å². The first-order valence-corrected chi connectivity index (χ1v) is 6.94. The molecule has 0 spiro atoms. The van der Waals surface area contributed by atoms with Gasteiger partial charge < -0.3 is 9.47 Å². The first kappa shape index (κ1) is 14.9. The van der Waals surface area contributed by atoms with Gasteiger partial charge in [-0.25, -0.2) is 4.79 Å². The van der Waals surface area contributed by atoms with Crippen LogP contribution in [0.4, 0.5) is 10.5 Å². The van der Waals surface area contributed by atoms with Gasteiger partial charge >= 0.3 is 6.09 Å². The minimum Gasteiger partial charge on any atom is -0.493 e. The second-order valence-electron chi connectivity index (χ2n) is 4.66. The van der Waals surface area contributed by atoms with E-state index in [0.717, 1.165) is 11.4 Å².